The Bertz CT molecular complexity index is 949. The van der Waals surface area contributed by atoms with Gasteiger partial charge in [0.2, 0.25) is 0 Å². The van der Waals surface area contributed by atoms with Crippen LogP contribution in [0.3, 0.4) is 0 Å². The first kappa shape index (κ1) is 19.6. The van der Waals surface area contributed by atoms with Gasteiger partial charge in [0.05, 0.1) is 30.4 Å². The predicted octanol–water partition coefficient (Wildman–Crippen LogP) is 2.80. The molecule has 0 atom stereocenters. The molecule has 1 N–H and O–H groups in total. The van der Waals surface area contributed by atoms with Gasteiger partial charge < -0.3 is 14.6 Å². The van der Waals surface area contributed by atoms with Gasteiger partial charge in [0.15, 0.2) is 0 Å². The fourth-order valence-corrected chi connectivity index (χ4v) is 5.14. The molecule has 2 aromatic heterocycles. The third-order valence-corrected chi connectivity index (χ3v) is 6.61. The molecule has 1 fully saturated rings. The zero-order chi connectivity index (χ0) is 18.2. The van der Waals surface area contributed by atoms with Crippen LogP contribution in [0, 0.1) is 0 Å². The summed E-state index contributed by atoms with van der Waals surface area (Å²) in [6.07, 6.45) is 2.29. The van der Waals surface area contributed by atoms with E-state index in [4.69, 9.17) is 9.72 Å². The van der Waals surface area contributed by atoms with E-state index in [1.54, 1.807) is 18.4 Å². The first-order valence-electron chi connectivity index (χ1n) is 9.58. The molecule has 1 saturated heterocycles. The minimum Gasteiger partial charge on any atom is -0.497 e. The summed E-state index contributed by atoms with van der Waals surface area (Å²) in [6, 6.07) is 6.10. The number of halogens is 1. The lowest BCUT2D eigenvalue weighted by Crippen LogP contribution is -2.34. The quantitative estimate of drug-likeness (QED) is 0.700. The van der Waals surface area contributed by atoms with Crippen LogP contribution in [-0.2, 0) is 19.6 Å². The highest BCUT2D eigenvalue weighted by Gasteiger charge is 2.27. The Morgan fingerprint density at radius 2 is 2.07 bits per heavy atom. The molecule has 1 aromatic carbocycles. The van der Waals surface area contributed by atoms with Crippen molar-refractivity contribution in [3.8, 4) is 5.75 Å². The van der Waals surface area contributed by atoms with E-state index in [-0.39, 0.29) is 12.4 Å². The number of benzene rings is 1. The second-order valence-corrected chi connectivity index (χ2v) is 8.41. The minimum absolute atomic E-state index is 0. The van der Waals surface area contributed by atoms with E-state index in [1.165, 1.54) is 15.5 Å². The van der Waals surface area contributed by atoms with Crippen LogP contribution >= 0.6 is 23.7 Å². The molecule has 0 radical (unpaired) electrons. The normalized spacial score (nSPS) is 18.0. The summed E-state index contributed by atoms with van der Waals surface area (Å²) >= 11 is 1.77. The molecule has 2 aliphatic heterocycles. The second-order valence-electron chi connectivity index (χ2n) is 7.29. The standard InChI is InChI=1S/C19H24N6OS.ClH/c1-26-14-2-3-15-16(10-14)27-18(21-15)12-24-7-4-13(5-8-24)19-23-22-17-11-20-6-9-25(17)19;/h2-3,10,13,20H,4-9,11-12H2,1H3;1H. The number of piperidine rings is 1. The lowest BCUT2D eigenvalue weighted by molar-refractivity contribution is 0.199. The summed E-state index contributed by atoms with van der Waals surface area (Å²) in [5.74, 6) is 3.70. The van der Waals surface area contributed by atoms with E-state index in [0.29, 0.717) is 5.92 Å². The number of nitrogens with zero attached hydrogens (tertiary/aromatic N) is 5. The van der Waals surface area contributed by atoms with Gasteiger partial charge in [-0.2, -0.15) is 0 Å². The van der Waals surface area contributed by atoms with Gasteiger partial charge in [0, 0.05) is 19.0 Å². The van der Waals surface area contributed by atoms with Crippen molar-refractivity contribution in [2.45, 2.75) is 38.4 Å². The molecule has 0 spiro atoms. The van der Waals surface area contributed by atoms with Crippen molar-refractivity contribution in [1.82, 2.24) is 30.0 Å². The van der Waals surface area contributed by atoms with Crippen molar-refractivity contribution in [3.63, 3.8) is 0 Å². The monoisotopic (exact) mass is 420 g/mol. The highest BCUT2D eigenvalue weighted by Crippen LogP contribution is 2.31. The smallest absolute Gasteiger partial charge is 0.147 e. The van der Waals surface area contributed by atoms with Crippen molar-refractivity contribution in [2.75, 3.05) is 26.7 Å². The number of aromatic nitrogens is 4. The maximum Gasteiger partial charge on any atom is 0.147 e. The largest absolute Gasteiger partial charge is 0.497 e. The molecular weight excluding hydrogens is 396 g/mol. The van der Waals surface area contributed by atoms with Gasteiger partial charge in [-0.15, -0.1) is 33.9 Å². The Morgan fingerprint density at radius 1 is 1.21 bits per heavy atom. The third kappa shape index (κ3) is 3.74. The van der Waals surface area contributed by atoms with Crippen molar-refractivity contribution >= 4 is 34.0 Å². The Balaban J connectivity index is 0.00000192. The molecular formula is C19H25ClN6OS. The van der Waals surface area contributed by atoms with Gasteiger partial charge in [-0.05, 0) is 44.1 Å². The van der Waals surface area contributed by atoms with Gasteiger partial charge in [-0.1, -0.05) is 0 Å². The fourth-order valence-electron chi connectivity index (χ4n) is 4.10. The molecule has 7 nitrogen and oxygen atoms in total. The van der Waals surface area contributed by atoms with Gasteiger partial charge in [-0.3, -0.25) is 4.90 Å². The van der Waals surface area contributed by atoms with Crippen LogP contribution in [0.15, 0.2) is 18.2 Å². The van der Waals surface area contributed by atoms with Crippen LogP contribution in [0.25, 0.3) is 10.2 Å². The number of hydrogen-bond acceptors (Lipinski definition) is 7. The molecule has 9 heteroatoms. The lowest BCUT2D eigenvalue weighted by Gasteiger charge is -2.31. The third-order valence-electron chi connectivity index (χ3n) is 5.60. The number of likely N-dealkylation sites (tertiary alicyclic amines) is 1. The summed E-state index contributed by atoms with van der Waals surface area (Å²) < 4.78 is 8.85. The van der Waals surface area contributed by atoms with E-state index in [1.807, 2.05) is 12.1 Å². The summed E-state index contributed by atoms with van der Waals surface area (Å²) in [4.78, 5) is 7.31. The maximum atomic E-state index is 5.32. The number of methoxy groups -OCH3 is 1. The maximum absolute atomic E-state index is 5.32. The Hall–Kier alpha value is -1.74. The summed E-state index contributed by atoms with van der Waals surface area (Å²) in [5, 5.41) is 13.4. The average Bonchev–Trinajstić information content (AvgIpc) is 3.31. The Labute approximate surface area is 174 Å². The SMILES string of the molecule is COc1ccc2nc(CN3CCC(c4nnc5n4CCNC5)CC3)sc2c1.Cl. The first-order valence-corrected chi connectivity index (χ1v) is 10.4. The van der Waals surface area contributed by atoms with Crippen molar-refractivity contribution in [1.29, 1.82) is 0 Å². The van der Waals surface area contributed by atoms with Crippen LogP contribution in [0.4, 0.5) is 0 Å². The molecule has 0 saturated carbocycles. The van der Waals surface area contributed by atoms with Crippen molar-refractivity contribution < 1.29 is 4.74 Å². The van der Waals surface area contributed by atoms with Crippen LogP contribution in [0.2, 0.25) is 0 Å². The number of rotatable bonds is 4. The van der Waals surface area contributed by atoms with E-state index in [0.717, 1.165) is 69.2 Å². The molecule has 4 heterocycles. The molecule has 0 unspecified atom stereocenters. The molecule has 28 heavy (non-hydrogen) atoms. The number of thiazole rings is 1. The highest BCUT2D eigenvalue weighted by molar-refractivity contribution is 7.18. The van der Waals surface area contributed by atoms with Crippen LogP contribution in [-0.4, -0.2) is 51.4 Å². The molecule has 150 valence electrons. The topological polar surface area (TPSA) is 68.1 Å². The van der Waals surface area contributed by atoms with Crippen LogP contribution < -0.4 is 10.1 Å². The summed E-state index contributed by atoms with van der Waals surface area (Å²) in [6.45, 7) is 5.95. The number of nitrogens with one attached hydrogen (secondary N) is 1. The fraction of sp³-hybridized carbons (Fsp3) is 0.526. The number of ether oxygens (including phenoxy) is 1. The van der Waals surface area contributed by atoms with Gasteiger partial charge >= 0.3 is 0 Å². The second kappa shape index (κ2) is 8.32. The highest BCUT2D eigenvalue weighted by atomic mass is 35.5. The molecule has 3 aromatic rings. The van der Waals surface area contributed by atoms with Crippen molar-refractivity contribution in [2.24, 2.45) is 0 Å². The molecule has 2 aliphatic rings. The lowest BCUT2D eigenvalue weighted by atomic mass is 9.96. The van der Waals surface area contributed by atoms with Crippen molar-refractivity contribution in [3.05, 3.63) is 34.9 Å². The van der Waals surface area contributed by atoms with Gasteiger partial charge in [0.1, 0.15) is 22.4 Å². The number of hydrogen-bond donors (Lipinski definition) is 1. The average molecular weight is 421 g/mol. The summed E-state index contributed by atoms with van der Waals surface area (Å²) in [7, 11) is 1.70. The predicted molar refractivity (Wildman–Crippen MR) is 112 cm³/mol. The molecule has 0 bridgehead atoms. The van der Waals surface area contributed by atoms with Gasteiger partial charge in [0.25, 0.3) is 0 Å². The molecule has 0 aliphatic carbocycles. The van der Waals surface area contributed by atoms with E-state index < -0.39 is 0 Å². The molecule has 0 amide bonds. The Morgan fingerprint density at radius 3 is 2.89 bits per heavy atom. The van der Waals surface area contributed by atoms with Crippen LogP contribution in [0.1, 0.15) is 35.4 Å². The van der Waals surface area contributed by atoms with E-state index >= 15 is 0 Å². The molecule has 5 rings (SSSR count). The van der Waals surface area contributed by atoms with E-state index in [9.17, 15) is 0 Å². The zero-order valence-electron chi connectivity index (χ0n) is 15.9. The minimum atomic E-state index is 0. The zero-order valence-corrected chi connectivity index (χ0v) is 17.6. The first-order chi connectivity index (χ1) is 13.3. The number of fused-ring (bicyclic) bond motifs is 2. The Kier molecular flexibility index (Phi) is 5.82. The van der Waals surface area contributed by atoms with Crippen LogP contribution in [0.5, 0.6) is 5.75 Å². The summed E-state index contributed by atoms with van der Waals surface area (Å²) in [5.41, 5.74) is 1.06. The van der Waals surface area contributed by atoms with Gasteiger partial charge in [-0.25, -0.2) is 4.98 Å². The van der Waals surface area contributed by atoms with E-state index in [2.05, 4.69) is 31.0 Å².